The van der Waals surface area contributed by atoms with Crippen LogP contribution in [-0.2, 0) is 11.5 Å². The van der Waals surface area contributed by atoms with E-state index >= 15 is 0 Å². The first-order chi connectivity index (χ1) is 10.3. The Morgan fingerprint density at radius 2 is 1.91 bits per heavy atom. The summed E-state index contributed by atoms with van der Waals surface area (Å²) in [6, 6.07) is 7.71. The van der Waals surface area contributed by atoms with Crippen molar-refractivity contribution in [1.82, 2.24) is 9.55 Å². The van der Waals surface area contributed by atoms with Crippen molar-refractivity contribution < 1.29 is 9.13 Å². The van der Waals surface area contributed by atoms with Crippen LogP contribution in [0.3, 0.4) is 0 Å². The van der Waals surface area contributed by atoms with Gasteiger partial charge in [0.25, 0.3) is 0 Å². The molecule has 0 amide bonds. The Morgan fingerprint density at radius 3 is 2.55 bits per heavy atom. The van der Waals surface area contributed by atoms with Crippen molar-refractivity contribution in [1.29, 1.82) is 0 Å². The van der Waals surface area contributed by atoms with Crippen molar-refractivity contribution in [3.05, 3.63) is 39.3 Å². The highest BCUT2D eigenvalue weighted by Gasteiger charge is 2.18. The maximum absolute atomic E-state index is 14.0. The molecule has 22 heavy (non-hydrogen) atoms. The van der Waals surface area contributed by atoms with Gasteiger partial charge in [0.15, 0.2) is 0 Å². The molecular weight excluding hydrogens is 431 g/mol. The van der Waals surface area contributed by atoms with Crippen molar-refractivity contribution in [2.45, 2.75) is 32.4 Å². The quantitative estimate of drug-likeness (QED) is 0.428. The van der Waals surface area contributed by atoms with E-state index in [1.54, 1.807) is 18.2 Å². The van der Waals surface area contributed by atoms with Gasteiger partial charge in [-0.3, -0.25) is 4.57 Å². The molecular formula is C15H19Br2FN2OSi. The molecule has 0 unspecified atom stereocenters. The van der Waals surface area contributed by atoms with E-state index < -0.39 is 8.07 Å². The standard InChI is InChI=1S/C15H19Br2FN2OSi/c1-22(2,3)9-8-21-10-20-14(17)13(16)19-15(20)11-6-4-5-7-12(11)18/h4-7H,8-10H2,1-3H3. The third-order valence-electron chi connectivity index (χ3n) is 3.20. The van der Waals surface area contributed by atoms with Gasteiger partial charge in [-0.1, -0.05) is 31.8 Å². The Kier molecular flexibility index (Phi) is 5.98. The van der Waals surface area contributed by atoms with Crippen LogP contribution in [0.2, 0.25) is 25.7 Å². The summed E-state index contributed by atoms with van der Waals surface area (Å²) in [4.78, 5) is 4.39. The first-order valence-electron chi connectivity index (χ1n) is 7.04. The van der Waals surface area contributed by atoms with E-state index in [0.717, 1.165) is 10.6 Å². The number of aromatic nitrogens is 2. The maximum Gasteiger partial charge on any atom is 0.147 e. The smallest absolute Gasteiger partial charge is 0.147 e. The highest BCUT2D eigenvalue weighted by molar-refractivity contribution is 9.13. The second kappa shape index (κ2) is 7.38. The predicted molar refractivity (Wildman–Crippen MR) is 97.1 cm³/mol. The van der Waals surface area contributed by atoms with Crippen molar-refractivity contribution in [2.75, 3.05) is 6.61 Å². The van der Waals surface area contributed by atoms with Crippen LogP contribution in [0.4, 0.5) is 4.39 Å². The van der Waals surface area contributed by atoms with Gasteiger partial charge in [0.2, 0.25) is 0 Å². The molecule has 7 heteroatoms. The molecule has 3 nitrogen and oxygen atoms in total. The van der Waals surface area contributed by atoms with Crippen molar-refractivity contribution in [2.24, 2.45) is 0 Å². The zero-order chi connectivity index (χ0) is 16.3. The number of hydrogen-bond donors (Lipinski definition) is 0. The van der Waals surface area contributed by atoms with Crippen LogP contribution in [0.25, 0.3) is 11.4 Å². The van der Waals surface area contributed by atoms with Gasteiger partial charge in [0.1, 0.15) is 27.6 Å². The summed E-state index contributed by atoms with van der Waals surface area (Å²) < 4.78 is 23.0. The summed E-state index contributed by atoms with van der Waals surface area (Å²) in [6.45, 7) is 7.97. The van der Waals surface area contributed by atoms with Crippen LogP contribution < -0.4 is 0 Å². The van der Waals surface area contributed by atoms with E-state index in [1.165, 1.54) is 6.07 Å². The van der Waals surface area contributed by atoms with Crippen LogP contribution in [-0.4, -0.2) is 24.2 Å². The van der Waals surface area contributed by atoms with Gasteiger partial charge < -0.3 is 4.74 Å². The number of imidazole rings is 1. The first-order valence-corrected chi connectivity index (χ1v) is 12.3. The van der Waals surface area contributed by atoms with Crippen LogP contribution in [0.5, 0.6) is 0 Å². The van der Waals surface area contributed by atoms with Gasteiger partial charge >= 0.3 is 0 Å². The molecule has 1 aromatic carbocycles. The van der Waals surface area contributed by atoms with Crippen LogP contribution >= 0.6 is 31.9 Å². The molecule has 0 spiro atoms. The lowest BCUT2D eigenvalue weighted by Gasteiger charge is -2.16. The number of benzene rings is 1. The van der Waals surface area contributed by atoms with Gasteiger partial charge in [-0.05, 0) is 50.0 Å². The van der Waals surface area contributed by atoms with Gasteiger partial charge in [-0.2, -0.15) is 0 Å². The molecule has 2 rings (SSSR count). The number of hydrogen-bond acceptors (Lipinski definition) is 2. The normalized spacial score (nSPS) is 11.9. The first kappa shape index (κ1) is 17.8. The van der Waals surface area contributed by atoms with E-state index in [-0.39, 0.29) is 5.82 Å². The SMILES string of the molecule is C[Si](C)(C)CCOCn1c(-c2ccccc2F)nc(Br)c1Br. The highest BCUT2D eigenvalue weighted by atomic mass is 79.9. The molecule has 0 saturated heterocycles. The number of nitrogens with zero attached hydrogens (tertiary/aromatic N) is 2. The molecule has 0 N–H and O–H groups in total. The highest BCUT2D eigenvalue weighted by Crippen LogP contribution is 2.31. The summed E-state index contributed by atoms with van der Waals surface area (Å²) in [5, 5.41) is 0. The molecule has 0 aliphatic heterocycles. The molecule has 0 atom stereocenters. The Balaban J connectivity index is 2.19. The lowest BCUT2D eigenvalue weighted by Crippen LogP contribution is -2.22. The summed E-state index contributed by atoms with van der Waals surface area (Å²) in [5.41, 5.74) is 0.461. The fourth-order valence-electron chi connectivity index (χ4n) is 1.90. The Bertz CT molecular complexity index is 655. The molecule has 0 radical (unpaired) electrons. The molecule has 0 bridgehead atoms. The molecule has 1 heterocycles. The van der Waals surface area contributed by atoms with E-state index in [4.69, 9.17) is 4.74 Å². The maximum atomic E-state index is 14.0. The van der Waals surface area contributed by atoms with Crippen molar-refractivity contribution in [3.8, 4) is 11.4 Å². The zero-order valence-corrected chi connectivity index (χ0v) is 17.0. The second-order valence-electron chi connectivity index (χ2n) is 6.27. The topological polar surface area (TPSA) is 27.1 Å². The Hall–Kier alpha value is -0.503. The van der Waals surface area contributed by atoms with Gasteiger partial charge in [-0.25, -0.2) is 9.37 Å². The molecule has 120 valence electrons. The number of rotatable bonds is 6. The van der Waals surface area contributed by atoms with Crippen LogP contribution in [0.15, 0.2) is 33.5 Å². The number of ether oxygens (including phenoxy) is 1. The summed E-state index contributed by atoms with van der Waals surface area (Å²) in [7, 11) is -1.12. The van der Waals surface area contributed by atoms with E-state index in [9.17, 15) is 4.39 Å². The third-order valence-corrected chi connectivity index (χ3v) is 6.79. The number of halogens is 3. The lowest BCUT2D eigenvalue weighted by atomic mass is 10.2. The average Bonchev–Trinajstić information content (AvgIpc) is 2.71. The van der Waals surface area contributed by atoms with E-state index in [2.05, 4.69) is 56.5 Å². The second-order valence-corrected chi connectivity index (χ2v) is 13.4. The van der Waals surface area contributed by atoms with Crippen molar-refractivity contribution in [3.63, 3.8) is 0 Å². The monoisotopic (exact) mass is 448 g/mol. The van der Waals surface area contributed by atoms with Crippen LogP contribution in [0, 0.1) is 5.82 Å². The largest absolute Gasteiger partial charge is 0.361 e. The fraction of sp³-hybridized carbons (Fsp3) is 0.400. The molecule has 2 aromatic rings. The van der Waals surface area contributed by atoms with E-state index in [1.807, 2.05) is 4.57 Å². The minimum absolute atomic E-state index is 0.296. The Labute approximate surface area is 148 Å². The van der Waals surface area contributed by atoms with Crippen LogP contribution in [0.1, 0.15) is 0 Å². The molecule has 1 aromatic heterocycles. The van der Waals surface area contributed by atoms with E-state index in [0.29, 0.717) is 29.3 Å². The molecule has 0 fully saturated rings. The summed E-state index contributed by atoms with van der Waals surface area (Å²) in [6.07, 6.45) is 0. The predicted octanol–water partition coefficient (Wildman–Crippen LogP) is 5.53. The summed E-state index contributed by atoms with van der Waals surface area (Å²) >= 11 is 6.85. The molecule has 0 aliphatic carbocycles. The zero-order valence-electron chi connectivity index (χ0n) is 12.9. The van der Waals surface area contributed by atoms with Gasteiger partial charge in [0.05, 0.1) is 5.56 Å². The molecule has 0 saturated carbocycles. The lowest BCUT2D eigenvalue weighted by molar-refractivity contribution is 0.0868. The van der Waals surface area contributed by atoms with Gasteiger partial charge in [0, 0.05) is 14.7 Å². The minimum atomic E-state index is -1.12. The molecule has 0 aliphatic rings. The van der Waals surface area contributed by atoms with Crippen molar-refractivity contribution >= 4 is 39.9 Å². The Morgan fingerprint density at radius 1 is 1.23 bits per heavy atom. The fourth-order valence-corrected chi connectivity index (χ4v) is 3.40. The average molecular weight is 450 g/mol. The van der Waals surface area contributed by atoms with Gasteiger partial charge in [-0.15, -0.1) is 0 Å². The minimum Gasteiger partial charge on any atom is -0.361 e. The third kappa shape index (κ3) is 4.50. The summed E-state index contributed by atoms with van der Waals surface area (Å²) in [5.74, 6) is 0.251.